The average molecular weight is 357 g/mol. The molecule has 0 saturated carbocycles. The third kappa shape index (κ3) is 4.62. The number of ether oxygens (including phenoxy) is 1. The van der Waals surface area contributed by atoms with Crippen molar-refractivity contribution in [1.82, 2.24) is 10.2 Å². The predicted molar refractivity (Wildman–Crippen MR) is 88.6 cm³/mol. The third-order valence-electron chi connectivity index (χ3n) is 3.40. The lowest BCUT2D eigenvalue weighted by molar-refractivity contribution is -0.141. The van der Waals surface area contributed by atoms with Crippen LogP contribution in [0.3, 0.4) is 0 Å². The Bertz CT molecular complexity index is 611. The number of esters is 1. The number of nitrogens with zero attached hydrogens (tertiary/aromatic N) is 1. The maximum absolute atomic E-state index is 12.2. The Morgan fingerprint density at radius 2 is 2.13 bits per heavy atom. The number of halogens is 1. The first-order valence-electron chi connectivity index (χ1n) is 7.03. The summed E-state index contributed by atoms with van der Waals surface area (Å²) in [7, 11) is 1.33. The Kier molecular flexibility index (Phi) is 6.29. The van der Waals surface area contributed by atoms with Gasteiger partial charge in [0, 0.05) is 18.8 Å². The molecule has 1 aliphatic heterocycles. The Morgan fingerprint density at radius 1 is 1.39 bits per heavy atom. The zero-order chi connectivity index (χ0) is 16.8. The van der Waals surface area contributed by atoms with Crippen molar-refractivity contribution in [2.24, 2.45) is 0 Å². The SMILES string of the molecule is COC(=O)[C@@H]1CN(C(=O)CNC(=O)c2ccccc2Cl)CCS1. The van der Waals surface area contributed by atoms with Gasteiger partial charge in [-0.25, -0.2) is 0 Å². The van der Waals surface area contributed by atoms with Crippen LogP contribution >= 0.6 is 23.4 Å². The number of nitrogens with one attached hydrogen (secondary N) is 1. The Hall–Kier alpha value is -1.73. The minimum Gasteiger partial charge on any atom is -0.468 e. The number of benzene rings is 1. The summed E-state index contributed by atoms with van der Waals surface area (Å²) in [5.41, 5.74) is 0.323. The summed E-state index contributed by atoms with van der Waals surface area (Å²) >= 11 is 7.41. The minimum atomic E-state index is -0.403. The molecule has 0 spiro atoms. The average Bonchev–Trinajstić information content (AvgIpc) is 2.59. The van der Waals surface area contributed by atoms with Crippen molar-refractivity contribution in [2.75, 3.05) is 32.5 Å². The molecule has 8 heteroatoms. The number of amides is 2. The Balaban J connectivity index is 1.88. The van der Waals surface area contributed by atoms with Crippen molar-refractivity contribution in [1.29, 1.82) is 0 Å². The first kappa shape index (κ1) is 17.6. The largest absolute Gasteiger partial charge is 0.468 e. The first-order chi connectivity index (χ1) is 11.0. The van der Waals surface area contributed by atoms with Crippen molar-refractivity contribution in [3.8, 4) is 0 Å². The van der Waals surface area contributed by atoms with Crippen LogP contribution in [-0.2, 0) is 14.3 Å². The van der Waals surface area contributed by atoms with Gasteiger partial charge in [0.25, 0.3) is 5.91 Å². The highest BCUT2D eigenvalue weighted by Crippen LogP contribution is 2.20. The molecule has 0 aliphatic carbocycles. The standard InChI is InChI=1S/C15H17ClN2O4S/c1-22-15(21)12-9-18(6-7-23-12)13(19)8-17-14(20)10-4-2-3-5-11(10)16/h2-5,12H,6-9H2,1H3,(H,17,20)/t12-/m0/s1. The molecule has 1 aromatic carbocycles. The summed E-state index contributed by atoms with van der Waals surface area (Å²) in [5, 5.41) is 2.51. The molecular formula is C15H17ClN2O4S. The molecule has 2 amide bonds. The van der Waals surface area contributed by atoms with E-state index in [0.29, 0.717) is 22.9 Å². The van der Waals surface area contributed by atoms with Crippen molar-refractivity contribution in [2.45, 2.75) is 5.25 Å². The zero-order valence-electron chi connectivity index (χ0n) is 12.6. The second-order valence-electron chi connectivity index (χ2n) is 4.88. The van der Waals surface area contributed by atoms with E-state index in [1.807, 2.05) is 0 Å². The summed E-state index contributed by atoms with van der Waals surface area (Å²) in [6.45, 7) is 0.694. The van der Waals surface area contributed by atoms with Crippen LogP contribution in [-0.4, -0.2) is 60.4 Å². The molecule has 2 rings (SSSR count). The van der Waals surface area contributed by atoms with E-state index in [4.69, 9.17) is 16.3 Å². The van der Waals surface area contributed by atoms with E-state index in [2.05, 4.69) is 5.32 Å². The summed E-state index contributed by atoms with van der Waals surface area (Å²) in [5.74, 6) is -0.323. The lowest BCUT2D eigenvalue weighted by Gasteiger charge is -2.31. The van der Waals surface area contributed by atoms with E-state index in [0.717, 1.165) is 0 Å². The molecule has 124 valence electrons. The van der Waals surface area contributed by atoms with Crippen LogP contribution in [0.4, 0.5) is 0 Å². The normalized spacial score (nSPS) is 17.5. The van der Waals surface area contributed by atoms with Crippen LogP contribution in [0.2, 0.25) is 5.02 Å². The minimum absolute atomic E-state index is 0.136. The van der Waals surface area contributed by atoms with Crippen LogP contribution in [0, 0.1) is 0 Å². The lowest BCUT2D eigenvalue weighted by Crippen LogP contribution is -2.48. The summed E-state index contributed by atoms with van der Waals surface area (Å²) in [4.78, 5) is 37.3. The second-order valence-corrected chi connectivity index (χ2v) is 6.60. The molecule has 1 aliphatic rings. The molecule has 23 heavy (non-hydrogen) atoms. The monoisotopic (exact) mass is 356 g/mol. The quantitative estimate of drug-likeness (QED) is 0.820. The van der Waals surface area contributed by atoms with Crippen molar-refractivity contribution in [3.05, 3.63) is 34.9 Å². The van der Waals surface area contributed by atoms with Gasteiger partial charge in [0.1, 0.15) is 5.25 Å². The Labute approximate surface area is 143 Å². The number of carbonyl (C=O) groups is 3. The van der Waals surface area contributed by atoms with Gasteiger partial charge >= 0.3 is 5.97 Å². The van der Waals surface area contributed by atoms with Gasteiger partial charge in [-0.3, -0.25) is 14.4 Å². The topological polar surface area (TPSA) is 75.7 Å². The number of hydrogen-bond donors (Lipinski definition) is 1. The molecule has 0 aromatic heterocycles. The molecule has 6 nitrogen and oxygen atoms in total. The van der Waals surface area contributed by atoms with Crippen molar-refractivity contribution < 1.29 is 19.1 Å². The van der Waals surface area contributed by atoms with Crippen molar-refractivity contribution >= 4 is 41.1 Å². The highest BCUT2D eigenvalue weighted by Gasteiger charge is 2.29. The number of carbonyl (C=O) groups excluding carboxylic acids is 3. The smallest absolute Gasteiger partial charge is 0.320 e. The third-order valence-corrected chi connectivity index (χ3v) is 4.89. The fraction of sp³-hybridized carbons (Fsp3) is 0.400. The first-order valence-corrected chi connectivity index (χ1v) is 8.45. The van der Waals surface area contributed by atoms with Gasteiger partial charge in [0.2, 0.25) is 5.91 Å². The highest BCUT2D eigenvalue weighted by molar-refractivity contribution is 8.00. The molecular weight excluding hydrogens is 340 g/mol. The van der Waals surface area contributed by atoms with E-state index in [1.165, 1.54) is 18.9 Å². The van der Waals surface area contributed by atoms with E-state index in [1.54, 1.807) is 29.2 Å². The maximum Gasteiger partial charge on any atom is 0.320 e. The molecule has 0 bridgehead atoms. The van der Waals surface area contributed by atoms with E-state index in [9.17, 15) is 14.4 Å². The summed E-state index contributed by atoms with van der Waals surface area (Å²) in [6, 6.07) is 6.63. The fourth-order valence-electron chi connectivity index (χ4n) is 2.16. The van der Waals surface area contributed by atoms with Gasteiger partial charge in [-0.2, -0.15) is 0 Å². The highest BCUT2D eigenvalue weighted by atomic mass is 35.5. The molecule has 1 aromatic rings. The Morgan fingerprint density at radius 3 is 2.83 bits per heavy atom. The van der Waals surface area contributed by atoms with Crippen LogP contribution < -0.4 is 5.32 Å². The van der Waals surface area contributed by atoms with Gasteiger partial charge in [-0.15, -0.1) is 11.8 Å². The maximum atomic E-state index is 12.2. The fourth-order valence-corrected chi connectivity index (χ4v) is 3.51. The van der Waals surface area contributed by atoms with Gasteiger partial charge in [-0.1, -0.05) is 23.7 Å². The zero-order valence-corrected chi connectivity index (χ0v) is 14.2. The van der Waals surface area contributed by atoms with Crippen LogP contribution in [0.5, 0.6) is 0 Å². The van der Waals surface area contributed by atoms with Gasteiger partial charge in [0.15, 0.2) is 0 Å². The van der Waals surface area contributed by atoms with E-state index >= 15 is 0 Å². The van der Waals surface area contributed by atoms with Crippen LogP contribution in [0.15, 0.2) is 24.3 Å². The molecule has 1 atom stereocenters. The predicted octanol–water partition coefficient (Wildman–Crippen LogP) is 1.19. The van der Waals surface area contributed by atoms with Gasteiger partial charge in [0.05, 0.1) is 24.2 Å². The number of hydrogen-bond acceptors (Lipinski definition) is 5. The molecule has 1 fully saturated rings. The van der Waals surface area contributed by atoms with Gasteiger partial charge in [-0.05, 0) is 12.1 Å². The second kappa shape index (κ2) is 8.21. The van der Waals surface area contributed by atoms with E-state index in [-0.39, 0.29) is 30.2 Å². The molecule has 0 unspecified atom stereocenters. The molecule has 1 N–H and O–H groups in total. The lowest BCUT2D eigenvalue weighted by atomic mass is 10.2. The molecule has 1 heterocycles. The molecule has 1 saturated heterocycles. The number of rotatable bonds is 4. The van der Waals surface area contributed by atoms with Gasteiger partial charge < -0.3 is 15.0 Å². The van der Waals surface area contributed by atoms with Crippen LogP contribution in [0.25, 0.3) is 0 Å². The summed E-state index contributed by atoms with van der Waals surface area (Å²) in [6.07, 6.45) is 0. The number of methoxy groups -OCH3 is 1. The van der Waals surface area contributed by atoms with E-state index < -0.39 is 5.91 Å². The van der Waals surface area contributed by atoms with Crippen molar-refractivity contribution in [3.63, 3.8) is 0 Å². The van der Waals surface area contributed by atoms with Crippen LogP contribution in [0.1, 0.15) is 10.4 Å². The summed E-state index contributed by atoms with van der Waals surface area (Å²) < 4.78 is 4.70. The molecule has 0 radical (unpaired) electrons. The number of thioether (sulfide) groups is 1.